The molecule has 0 bridgehead atoms. The first kappa shape index (κ1) is 18.0. The van der Waals surface area contributed by atoms with Gasteiger partial charge in [-0.3, -0.25) is 14.5 Å². The Morgan fingerprint density at radius 1 is 1.14 bits per heavy atom. The van der Waals surface area contributed by atoms with Gasteiger partial charge in [-0.1, -0.05) is 6.92 Å². The van der Waals surface area contributed by atoms with Crippen molar-refractivity contribution in [2.75, 3.05) is 34.3 Å². The van der Waals surface area contributed by atoms with E-state index in [1.807, 2.05) is 23.9 Å². The Balaban J connectivity index is 2.26. The molecule has 1 fully saturated rings. The highest BCUT2D eigenvalue weighted by atomic mass is 16.5. The molecule has 1 rings (SSSR count). The average Bonchev–Trinajstić information content (AvgIpc) is 2.46. The van der Waals surface area contributed by atoms with E-state index >= 15 is 0 Å². The van der Waals surface area contributed by atoms with Crippen molar-refractivity contribution in [3.63, 3.8) is 0 Å². The summed E-state index contributed by atoms with van der Waals surface area (Å²) in [4.78, 5) is 27.2. The van der Waals surface area contributed by atoms with Gasteiger partial charge >= 0.3 is 5.97 Å². The number of hydrogen-bond acceptors (Lipinski definition) is 4. The lowest BCUT2D eigenvalue weighted by Crippen LogP contribution is -2.44. The SMILES string of the molecule is COC(=O)CCCN(C)CC(=O)N(C)C1CCC(C)CC1. The minimum atomic E-state index is -0.192. The summed E-state index contributed by atoms with van der Waals surface area (Å²) in [6, 6.07) is 0.400. The van der Waals surface area contributed by atoms with Crippen LogP contribution in [0.1, 0.15) is 45.4 Å². The van der Waals surface area contributed by atoms with E-state index < -0.39 is 0 Å². The molecule has 0 aromatic heterocycles. The van der Waals surface area contributed by atoms with Crippen molar-refractivity contribution in [3.8, 4) is 0 Å². The van der Waals surface area contributed by atoms with Gasteiger partial charge in [0.15, 0.2) is 0 Å². The fraction of sp³-hybridized carbons (Fsp3) is 0.875. The van der Waals surface area contributed by atoms with E-state index in [2.05, 4.69) is 11.7 Å². The first-order valence-electron chi connectivity index (χ1n) is 7.95. The molecule has 0 heterocycles. The summed E-state index contributed by atoms with van der Waals surface area (Å²) in [6.45, 7) is 3.44. The molecule has 0 aromatic carbocycles. The smallest absolute Gasteiger partial charge is 0.305 e. The van der Waals surface area contributed by atoms with E-state index in [0.717, 1.165) is 31.7 Å². The number of likely N-dealkylation sites (N-methyl/N-ethyl adjacent to an activating group) is 2. The molecular weight excluding hydrogens is 268 g/mol. The third-order valence-corrected chi connectivity index (χ3v) is 4.48. The summed E-state index contributed by atoms with van der Waals surface area (Å²) in [5.41, 5.74) is 0. The minimum Gasteiger partial charge on any atom is -0.469 e. The summed E-state index contributed by atoms with van der Waals surface area (Å²) in [5.74, 6) is 0.782. The number of carbonyl (C=O) groups is 2. The molecule has 0 N–H and O–H groups in total. The molecule has 1 aliphatic carbocycles. The summed E-state index contributed by atoms with van der Waals surface area (Å²) >= 11 is 0. The van der Waals surface area contributed by atoms with Gasteiger partial charge in [0.2, 0.25) is 5.91 Å². The van der Waals surface area contributed by atoms with Gasteiger partial charge in [0.05, 0.1) is 13.7 Å². The maximum absolute atomic E-state index is 12.3. The second-order valence-corrected chi connectivity index (χ2v) is 6.34. The van der Waals surface area contributed by atoms with E-state index in [1.54, 1.807) is 0 Å². The van der Waals surface area contributed by atoms with E-state index in [4.69, 9.17) is 0 Å². The van der Waals surface area contributed by atoms with Crippen LogP contribution in [0.25, 0.3) is 0 Å². The summed E-state index contributed by atoms with van der Waals surface area (Å²) in [7, 11) is 5.24. The Morgan fingerprint density at radius 3 is 2.33 bits per heavy atom. The average molecular weight is 298 g/mol. The topological polar surface area (TPSA) is 49.9 Å². The van der Waals surface area contributed by atoms with Gasteiger partial charge in [0.1, 0.15) is 0 Å². The van der Waals surface area contributed by atoms with E-state index in [-0.39, 0.29) is 11.9 Å². The quantitative estimate of drug-likeness (QED) is 0.674. The molecule has 5 heteroatoms. The normalized spacial score (nSPS) is 22.1. The van der Waals surface area contributed by atoms with Crippen LogP contribution in [0.5, 0.6) is 0 Å². The molecule has 122 valence electrons. The highest BCUT2D eigenvalue weighted by Gasteiger charge is 2.25. The molecule has 5 nitrogen and oxygen atoms in total. The molecular formula is C16H30N2O3. The van der Waals surface area contributed by atoms with Crippen molar-refractivity contribution in [2.24, 2.45) is 5.92 Å². The number of rotatable bonds is 7. The van der Waals surface area contributed by atoms with Gasteiger partial charge in [-0.2, -0.15) is 0 Å². The van der Waals surface area contributed by atoms with Gasteiger partial charge in [-0.25, -0.2) is 0 Å². The predicted molar refractivity (Wildman–Crippen MR) is 82.9 cm³/mol. The van der Waals surface area contributed by atoms with Gasteiger partial charge < -0.3 is 9.64 Å². The molecule has 1 saturated carbocycles. The van der Waals surface area contributed by atoms with Crippen molar-refractivity contribution >= 4 is 11.9 Å². The molecule has 21 heavy (non-hydrogen) atoms. The lowest BCUT2D eigenvalue weighted by atomic mass is 9.87. The van der Waals surface area contributed by atoms with Gasteiger partial charge in [0, 0.05) is 19.5 Å². The Hall–Kier alpha value is -1.10. The van der Waals surface area contributed by atoms with Gasteiger partial charge in [-0.15, -0.1) is 0 Å². The molecule has 0 unspecified atom stereocenters. The van der Waals surface area contributed by atoms with Crippen LogP contribution in [-0.2, 0) is 14.3 Å². The van der Waals surface area contributed by atoms with E-state index in [1.165, 1.54) is 20.0 Å². The highest BCUT2D eigenvalue weighted by molar-refractivity contribution is 5.78. The van der Waals surface area contributed by atoms with Crippen LogP contribution in [0, 0.1) is 5.92 Å². The number of ether oxygens (including phenoxy) is 1. The maximum Gasteiger partial charge on any atom is 0.305 e. The summed E-state index contributed by atoms with van der Waals surface area (Å²) in [6.07, 6.45) is 5.81. The number of carbonyl (C=O) groups excluding carboxylic acids is 2. The molecule has 0 saturated heterocycles. The van der Waals surface area contributed by atoms with Crippen molar-refractivity contribution in [1.29, 1.82) is 0 Å². The third kappa shape index (κ3) is 6.46. The molecule has 1 amide bonds. The van der Waals surface area contributed by atoms with E-state index in [0.29, 0.717) is 19.0 Å². The second kappa shape index (κ2) is 9.03. The Kier molecular flexibility index (Phi) is 7.72. The summed E-state index contributed by atoms with van der Waals surface area (Å²) < 4.78 is 4.61. The number of methoxy groups -OCH3 is 1. The number of nitrogens with zero attached hydrogens (tertiary/aromatic N) is 2. The first-order valence-corrected chi connectivity index (χ1v) is 7.95. The van der Waals surface area contributed by atoms with Gasteiger partial charge in [-0.05, 0) is 51.6 Å². The lowest BCUT2D eigenvalue weighted by molar-refractivity contribution is -0.140. The fourth-order valence-corrected chi connectivity index (χ4v) is 2.85. The van der Waals surface area contributed by atoms with Gasteiger partial charge in [0.25, 0.3) is 0 Å². The zero-order valence-corrected chi connectivity index (χ0v) is 13.9. The molecule has 0 spiro atoms. The van der Waals surface area contributed by atoms with Crippen molar-refractivity contribution in [1.82, 2.24) is 9.80 Å². The van der Waals surface area contributed by atoms with Crippen LogP contribution in [0.3, 0.4) is 0 Å². The minimum absolute atomic E-state index is 0.176. The monoisotopic (exact) mass is 298 g/mol. The van der Waals surface area contributed by atoms with Crippen molar-refractivity contribution < 1.29 is 14.3 Å². The molecule has 0 aliphatic heterocycles. The third-order valence-electron chi connectivity index (χ3n) is 4.48. The van der Waals surface area contributed by atoms with Crippen LogP contribution in [0.2, 0.25) is 0 Å². The lowest BCUT2D eigenvalue weighted by Gasteiger charge is -2.34. The standard InChI is InChI=1S/C16H30N2O3/c1-13-7-9-14(10-8-13)18(3)15(19)12-17(2)11-5-6-16(20)21-4/h13-14H,5-12H2,1-4H3. The Labute approximate surface area is 128 Å². The van der Waals surface area contributed by atoms with Crippen LogP contribution < -0.4 is 0 Å². The number of esters is 1. The maximum atomic E-state index is 12.3. The summed E-state index contributed by atoms with van der Waals surface area (Å²) in [5, 5.41) is 0. The Bertz CT molecular complexity index is 338. The van der Waals surface area contributed by atoms with Crippen LogP contribution >= 0.6 is 0 Å². The highest BCUT2D eigenvalue weighted by Crippen LogP contribution is 2.26. The zero-order chi connectivity index (χ0) is 15.8. The number of amides is 1. The molecule has 0 atom stereocenters. The molecule has 0 radical (unpaired) electrons. The molecule has 0 aromatic rings. The van der Waals surface area contributed by atoms with Crippen molar-refractivity contribution in [3.05, 3.63) is 0 Å². The Morgan fingerprint density at radius 2 is 1.76 bits per heavy atom. The zero-order valence-electron chi connectivity index (χ0n) is 13.9. The van der Waals surface area contributed by atoms with Crippen LogP contribution in [-0.4, -0.2) is 62.0 Å². The van der Waals surface area contributed by atoms with Crippen molar-refractivity contribution in [2.45, 2.75) is 51.5 Å². The van der Waals surface area contributed by atoms with E-state index in [9.17, 15) is 9.59 Å². The fourth-order valence-electron chi connectivity index (χ4n) is 2.85. The van der Waals surface area contributed by atoms with Crippen LogP contribution in [0.15, 0.2) is 0 Å². The molecule has 1 aliphatic rings. The second-order valence-electron chi connectivity index (χ2n) is 6.34. The predicted octanol–water partition coefficient (Wildman–Crippen LogP) is 1.91. The largest absolute Gasteiger partial charge is 0.469 e. The first-order chi connectivity index (χ1) is 9.93. The number of hydrogen-bond donors (Lipinski definition) is 0. The van der Waals surface area contributed by atoms with Crippen LogP contribution in [0.4, 0.5) is 0 Å².